The predicted molar refractivity (Wildman–Crippen MR) is 71.9 cm³/mol. The van der Waals surface area contributed by atoms with Gasteiger partial charge in [-0.2, -0.15) is 0 Å². The second-order valence-corrected chi connectivity index (χ2v) is 5.81. The van der Waals surface area contributed by atoms with Crippen LogP contribution in [-0.4, -0.2) is 11.9 Å². The largest absolute Gasteiger partial charge is 0.454 e. The highest BCUT2D eigenvalue weighted by molar-refractivity contribution is 6.20. The topological polar surface area (TPSA) is 42.2 Å². The number of alkyl halides is 1. The minimum atomic E-state index is -0.208. The maximum atomic E-state index is 12.0. The van der Waals surface area contributed by atoms with Crippen molar-refractivity contribution in [2.75, 3.05) is 0 Å². The zero-order chi connectivity index (χ0) is 13.1. The Morgan fingerprint density at radius 1 is 1.44 bits per heavy atom. The molecule has 2 rings (SSSR count). The van der Waals surface area contributed by atoms with Crippen molar-refractivity contribution in [2.24, 2.45) is 5.92 Å². The molecule has 0 aliphatic heterocycles. The Morgan fingerprint density at radius 3 is 2.78 bits per heavy atom. The van der Waals surface area contributed by atoms with Crippen LogP contribution in [0.15, 0.2) is 16.5 Å². The van der Waals surface area contributed by atoms with E-state index in [0.29, 0.717) is 17.4 Å². The van der Waals surface area contributed by atoms with Gasteiger partial charge < -0.3 is 9.73 Å². The molecule has 1 amide bonds. The van der Waals surface area contributed by atoms with Crippen LogP contribution in [0.5, 0.6) is 0 Å². The molecule has 1 aromatic heterocycles. The molecule has 3 atom stereocenters. The lowest BCUT2D eigenvalue weighted by molar-refractivity contribution is 0.0880. The second-order valence-electron chi connectivity index (χ2n) is 5.16. The number of halogens is 1. The van der Waals surface area contributed by atoms with Gasteiger partial charge in [-0.15, -0.1) is 11.6 Å². The van der Waals surface area contributed by atoms with E-state index in [1.807, 2.05) is 6.92 Å². The Kier molecular flexibility index (Phi) is 4.33. The van der Waals surface area contributed by atoms with Crippen LogP contribution in [0.2, 0.25) is 0 Å². The molecular weight excluding hydrogens is 250 g/mol. The summed E-state index contributed by atoms with van der Waals surface area (Å²) in [5.74, 6) is 1.41. The lowest BCUT2D eigenvalue weighted by atomic mass is 9.86. The lowest BCUT2D eigenvalue weighted by Gasteiger charge is -2.29. The standard InChI is InChI=1S/C14H20ClNO2/c1-9-5-3-4-6-11(9)16-14(17)13-8-7-12(18-13)10(2)15/h7-11H,3-6H2,1-2H3,(H,16,17). The molecule has 1 fully saturated rings. The molecule has 1 aliphatic carbocycles. The molecule has 1 saturated carbocycles. The van der Waals surface area contributed by atoms with Crippen LogP contribution in [0.1, 0.15) is 61.2 Å². The Morgan fingerprint density at radius 2 is 2.17 bits per heavy atom. The zero-order valence-corrected chi connectivity index (χ0v) is 11.7. The zero-order valence-electron chi connectivity index (χ0n) is 10.9. The Balaban J connectivity index is 1.98. The first kappa shape index (κ1) is 13.5. The molecular formula is C14H20ClNO2. The Hall–Kier alpha value is -0.960. The van der Waals surface area contributed by atoms with E-state index in [-0.39, 0.29) is 17.3 Å². The van der Waals surface area contributed by atoms with Gasteiger partial charge in [0.25, 0.3) is 5.91 Å². The minimum absolute atomic E-state index is 0.127. The van der Waals surface area contributed by atoms with Gasteiger partial charge in [-0.05, 0) is 37.8 Å². The van der Waals surface area contributed by atoms with Gasteiger partial charge in [0.1, 0.15) is 5.76 Å². The Labute approximate surface area is 113 Å². The average Bonchev–Trinajstić information content (AvgIpc) is 2.81. The fraction of sp³-hybridized carbons (Fsp3) is 0.643. The van der Waals surface area contributed by atoms with Gasteiger partial charge in [0.05, 0.1) is 5.38 Å². The highest BCUT2D eigenvalue weighted by atomic mass is 35.5. The summed E-state index contributed by atoms with van der Waals surface area (Å²) < 4.78 is 5.44. The number of hydrogen-bond acceptors (Lipinski definition) is 2. The van der Waals surface area contributed by atoms with Gasteiger partial charge in [-0.3, -0.25) is 4.79 Å². The minimum Gasteiger partial charge on any atom is -0.454 e. The van der Waals surface area contributed by atoms with Crippen molar-refractivity contribution >= 4 is 17.5 Å². The van der Waals surface area contributed by atoms with Gasteiger partial charge in [0.2, 0.25) is 0 Å². The number of rotatable bonds is 3. The third kappa shape index (κ3) is 3.08. The van der Waals surface area contributed by atoms with Gasteiger partial charge in [-0.25, -0.2) is 0 Å². The van der Waals surface area contributed by atoms with Crippen LogP contribution in [0.4, 0.5) is 0 Å². The Bertz CT molecular complexity index is 414. The fourth-order valence-corrected chi connectivity index (χ4v) is 2.58. The predicted octanol–water partition coefficient (Wildman–Crippen LogP) is 3.89. The summed E-state index contributed by atoms with van der Waals surface area (Å²) in [5, 5.41) is 2.85. The van der Waals surface area contributed by atoms with E-state index < -0.39 is 0 Å². The van der Waals surface area contributed by atoms with Gasteiger partial charge in [-0.1, -0.05) is 19.8 Å². The first-order valence-electron chi connectivity index (χ1n) is 6.62. The average molecular weight is 270 g/mol. The maximum absolute atomic E-state index is 12.0. The normalized spacial score (nSPS) is 25.7. The molecule has 3 nitrogen and oxygen atoms in total. The van der Waals surface area contributed by atoms with E-state index in [2.05, 4.69) is 12.2 Å². The van der Waals surface area contributed by atoms with Crippen LogP contribution < -0.4 is 5.32 Å². The van der Waals surface area contributed by atoms with Crippen molar-refractivity contribution in [1.29, 1.82) is 0 Å². The fourth-order valence-electron chi connectivity index (χ4n) is 2.46. The summed E-state index contributed by atoms with van der Waals surface area (Å²) in [6, 6.07) is 3.72. The highest BCUT2D eigenvalue weighted by Crippen LogP contribution is 2.25. The van der Waals surface area contributed by atoms with Gasteiger partial charge in [0, 0.05) is 6.04 Å². The van der Waals surface area contributed by atoms with Crippen molar-refractivity contribution in [3.05, 3.63) is 23.7 Å². The number of furan rings is 1. The quantitative estimate of drug-likeness (QED) is 0.846. The van der Waals surface area contributed by atoms with E-state index >= 15 is 0 Å². The molecule has 3 unspecified atom stereocenters. The molecule has 0 saturated heterocycles. The number of carbonyl (C=O) groups is 1. The molecule has 4 heteroatoms. The summed E-state index contributed by atoms with van der Waals surface area (Å²) in [6.07, 6.45) is 4.71. The second kappa shape index (κ2) is 5.79. The first-order valence-corrected chi connectivity index (χ1v) is 7.06. The maximum Gasteiger partial charge on any atom is 0.287 e. The summed E-state index contributed by atoms with van der Waals surface area (Å²) >= 11 is 5.91. The molecule has 18 heavy (non-hydrogen) atoms. The van der Waals surface area contributed by atoms with E-state index in [9.17, 15) is 4.79 Å². The van der Waals surface area contributed by atoms with Crippen LogP contribution in [-0.2, 0) is 0 Å². The van der Waals surface area contributed by atoms with Crippen molar-refractivity contribution < 1.29 is 9.21 Å². The smallest absolute Gasteiger partial charge is 0.287 e. The van der Waals surface area contributed by atoms with Crippen LogP contribution in [0.25, 0.3) is 0 Å². The highest BCUT2D eigenvalue weighted by Gasteiger charge is 2.24. The summed E-state index contributed by atoms with van der Waals surface area (Å²) in [4.78, 5) is 12.0. The number of amides is 1. The number of carbonyl (C=O) groups excluding carboxylic acids is 1. The van der Waals surface area contributed by atoms with Gasteiger partial charge in [0.15, 0.2) is 5.76 Å². The van der Waals surface area contributed by atoms with E-state index in [0.717, 1.165) is 6.42 Å². The van der Waals surface area contributed by atoms with E-state index in [1.54, 1.807) is 12.1 Å². The number of nitrogens with one attached hydrogen (secondary N) is 1. The van der Waals surface area contributed by atoms with E-state index in [4.69, 9.17) is 16.0 Å². The monoisotopic (exact) mass is 269 g/mol. The van der Waals surface area contributed by atoms with Crippen molar-refractivity contribution in [3.8, 4) is 0 Å². The molecule has 1 aromatic rings. The molecule has 0 spiro atoms. The molecule has 1 heterocycles. The molecule has 1 N–H and O–H groups in total. The van der Waals surface area contributed by atoms with Crippen molar-refractivity contribution in [1.82, 2.24) is 5.32 Å². The van der Waals surface area contributed by atoms with Crippen molar-refractivity contribution in [2.45, 2.75) is 50.9 Å². The molecule has 0 radical (unpaired) electrons. The van der Waals surface area contributed by atoms with Crippen molar-refractivity contribution in [3.63, 3.8) is 0 Å². The summed E-state index contributed by atoms with van der Waals surface area (Å²) in [7, 11) is 0. The van der Waals surface area contributed by atoms with Crippen LogP contribution in [0.3, 0.4) is 0 Å². The third-order valence-electron chi connectivity index (χ3n) is 3.67. The molecule has 0 aromatic carbocycles. The van der Waals surface area contributed by atoms with Gasteiger partial charge >= 0.3 is 0 Å². The van der Waals surface area contributed by atoms with Crippen LogP contribution >= 0.6 is 11.6 Å². The molecule has 1 aliphatic rings. The summed E-state index contributed by atoms with van der Waals surface area (Å²) in [5.41, 5.74) is 0. The van der Waals surface area contributed by atoms with E-state index in [1.165, 1.54) is 19.3 Å². The molecule has 0 bridgehead atoms. The number of hydrogen-bond donors (Lipinski definition) is 1. The molecule has 100 valence electrons. The lowest BCUT2D eigenvalue weighted by Crippen LogP contribution is -2.40. The SMILES string of the molecule is CC(Cl)c1ccc(C(=O)NC2CCCCC2C)o1. The van der Waals surface area contributed by atoms with Crippen LogP contribution in [0, 0.1) is 5.92 Å². The summed E-state index contributed by atoms with van der Waals surface area (Å²) in [6.45, 7) is 4.02. The first-order chi connectivity index (χ1) is 8.58. The third-order valence-corrected chi connectivity index (χ3v) is 3.89.